The highest BCUT2D eigenvalue weighted by Gasteiger charge is 2.27. The summed E-state index contributed by atoms with van der Waals surface area (Å²) in [5, 5.41) is 0.389. The molecule has 0 aliphatic carbocycles. The average Bonchev–Trinajstić information content (AvgIpc) is 3.53. The van der Waals surface area contributed by atoms with Crippen molar-refractivity contribution < 1.29 is 22.3 Å². The molecule has 1 N–H and O–H groups in total. The van der Waals surface area contributed by atoms with Gasteiger partial charge in [-0.3, -0.25) is 14.4 Å². The number of hydrogen-bond donors (Lipinski definition) is 1. The third kappa shape index (κ3) is 5.11. The molecule has 3 aromatic carbocycles. The number of benzene rings is 3. The molecular weight excluding hydrogens is 501 g/mol. The Kier molecular flexibility index (Phi) is 6.74. The van der Waals surface area contributed by atoms with E-state index >= 15 is 0 Å². The highest BCUT2D eigenvalue weighted by molar-refractivity contribution is 7.92. The predicted octanol–water partition coefficient (Wildman–Crippen LogP) is 5.37. The van der Waals surface area contributed by atoms with Crippen molar-refractivity contribution >= 4 is 48.3 Å². The van der Waals surface area contributed by atoms with E-state index < -0.39 is 15.8 Å². The summed E-state index contributed by atoms with van der Waals surface area (Å²) in [4.78, 5) is 19.6. The Labute approximate surface area is 212 Å². The number of sulfonamides is 1. The van der Waals surface area contributed by atoms with Crippen LogP contribution in [0.25, 0.3) is 10.2 Å². The standard InChI is InChI=1S/C26H24FN3O4S2/c1-17-7-13-21(14-8-17)36(32,33)29-19-11-9-18(10-12-19)25(31)30(16-20-4-3-15-34-20)26-28-24-22(27)5-2-6-23(24)35-26/h2,5-14,20,29H,3-4,15-16H2,1H3. The molecule has 1 atom stereocenters. The van der Waals surface area contributed by atoms with Gasteiger partial charge in [-0.2, -0.15) is 0 Å². The van der Waals surface area contributed by atoms with Gasteiger partial charge in [0.25, 0.3) is 15.9 Å². The number of fused-ring (bicyclic) bond motifs is 1. The van der Waals surface area contributed by atoms with Crippen LogP contribution >= 0.6 is 11.3 Å². The van der Waals surface area contributed by atoms with Crippen LogP contribution in [0, 0.1) is 12.7 Å². The average molecular weight is 526 g/mol. The summed E-state index contributed by atoms with van der Waals surface area (Å²) in [6.45, 7) is 2.81. The third-order valence-electron chi connectivity index (χ3n) is 5.96. The Morgan fingerprint density at radius 3 is 2.56 bits per heavy atom. The second-order valence-electron chi connectivity index (χ2n) is 8.63. The van der Waals surface area contributed by atoms with Gasteiger partial charge in [0.15, 0.2) is 5.13 Å². The van der Waals surface area contributed by atoms with Crippen LogP contribution < -0.4 is 9.62 Å². The van der Waals surface area contributed by atoms with Gasteiger partial charge in [-0.1, -0.05) is 35.1 Å². The van der Waals surface area contributed by atoms with E-state index in [0.717, 1.165) is 18.4 Å². The summed E-state index contributed by atoms with van der Waals surface area (Å²) in [5.74, 6) is -0.761. The first kappa shape index (κ1) is 24.4. The van der Waals surface area contributed by atoms with Crippen molar-refractivity contribution in [2.45, 2.75) is 30.8 Å². The lowest BCUT2D eigenvalue weighted by Gasteiger charge is -2.23. The summed E-state index contributed by atoms with van der Waals surface area (Å²) in [7, 11) is -3.76. The number of amides is 1. The number of carbonyl (C=O) groups excluding carboxylic acids is 1. The minimum absolute atomic E-state index is 0.133. The summed E-state index contributed by atoms with van der Waals surface area (Å²) in [5.41, 5.74) is 1.87. The quantitative estimate of drug-likeness (QED) is 0.350. The number of aryl methyl sites for hydroxylation is 1. The van der Waals surface area contributed by atoms with Gasteiger partial charge in [0, 0.05) is 17.9 Å². The maximum absolute atomic E-state index is 14.3. The first-order chi connectivity index (χ1) is 17.3. The summed E-state index contributed by atoms with van der Waals surface area (Å²) in [6, 6.07) is 17.5. The van der Waals surface area contributed by atoms with E-state index in [-0.39, 0.29) is 22.4 Å². The molecule has 1 aromatic heterocycles. The van der Waals surface area contributed by atoms with Crippen LogP contribution in [0.1, 0.15) is 28.8 Å². The van der Waals surface area contributed by atoms with Crippen molar-refractivity contribution in [3.05, 3.63) is 83.7 Å². The lowest BCUT2D eigenvalue weighted by Crippen LogP contribution is -2.37. The van der Waals surface area contributed by atoms with Crippen molar-refractivity contribution in [1.82, 2.24) is 4.98 Å². The Balaban J connectivity index is 1.40. The van der Waals surface area contributed by atoms with Crippen LogP contribution in [0.15, 0.2) is 71.6 Å². The largest absolute Gasteiger partial charge is 0.376 e. The van der Waals surface area contributed by atoms with Gasteiger partial charge in [-0.25, -0.2) is 17.8 Å². The number of hydrogen-bond acceptors (Lipinski definition) is 6. The maximum Gasteiger partial charge on any atom is 0.261 e. The third-order valence-corrected chi connectivity index (χ3v) is 8.40. The van der Waals surface area contributed by atoms with E-state index in [9.17, 15) is 17.6 Å². The molecule has 0 saturated carbocycles. The van der Waals surface area contributed by atoms with Gasteiger partial charge >= 0.3 is 0 Å². The highest BCUT2D eigenvalue weighted by Crippen LogP contribution is 2.32. The van der Waals surface area contributed by atoms with Crippen molar-refractivity contribution in [2.75, 3.05) is 22.8 Å². The highest BCUT2D eigenvalue weighted by atomic mass is 32.2. The summed E-state index contributed by atoms with van der Waals surface area (Å²) in [6.07, 6.45) is 1.60. The molecule has 36 heavy (non-hydrogen) atoms. The van der Waals surface area contributed by atoms with Crippen molar-refractivity contribution in [1.29, 1.82) is 0 Å². The molecule has 1 unspecified atom stereocenters. The molecule has 0 spiro atoms. The zero-order valence-electron chi connectivity index (χ0n) is 19.5. The van der Waals surface area contributed by atoms with E-state index in [1.807, 2.05) is 6.92 Å². The van der Waals surface area contributed by atoms with E-state index in [4.69, 9.17) is 4.74 Å². The molecule has 10 heteroatoms. The van der Waals surface area contributed by atoms with E-state index in [1.165, 1.54) is 22.3 Å². The molecule has 1 aliphatic rings. The fraction of sp³-hybridized carbons (Fsp3) is 0.231. The molecule has 0 radical (unpaired) electrons. The number of thiazole rings is 1. The fourth-order valence-corrected chi connectivity index (χ4v) is 6.07. The second kappa shape index (κ2) is 9.96. The van der Waals surface area contributed by atoms with E-state index in [1.54, 1.807) is 60.7 Å². The lowest BCUT2D eigenvalue weighted by atomic mass is 10.1. The number of anilines is 2. The number of halogens is 1. The monoisotopic (exact) mass is 525 g/mol. The van der Waals surface area contributed by atoms with Crippen LogP contribution in [-0.4, -0.2) is 38.6 Å². The maximum atomic E-state index is 14.3. The zero-order chi connectivity index (χ0) is 25.3. The van der Waals surface area contributed by atoms with Gasteiger partial charge in [0.2, 0.25) is 0 Å². The lowest BCUT2D eigenvalue weighted by molar-refractivity contribution is 0.0917. The molecule has 2 heterocycles. The number of nitrogens with zero attached hydrogens (tertiary/aromatic N) is 2. The smallest absolute Gasteiger partial charge is 0.261 e. The number of para-hydroxylation sites is 1. The van der Waals surface area contributed by atoms with E-state index in [2.05, 4.69) is 9.71 Å². The minimum Gasteiger partial charge on any atom is -0.376 e. The van der Waals surface area contributed by atoms with Gasteiger partial charge < -0.3 is 4.74 Å². The van der Waals surface area contributed by atoms with Crippen LogP contribution in [0.3, 0.4) is 0 Å². The molecule has 0 bridgehead atoms. The van der Waals surface area contributed by atoms with Crippen LogP contribution in [0.4, 0.5) is 15.2 Å². The molecule has 1 fully saturated rings. The topological polar surface area (TPSA) is 88.6 Å². The number of carbonyl (C=O) groups is 1. The Bertz CT molecular complexity index is 1500. The molecule has 186 valence electrons. The predicted molar refractivity (Wildman–Crippen MR) is 139 cm³/mol. The summed E-state index contributed by atoms with van der Waals surface area (Å²) >= 11 is 1.24. The molecule has 1 amide bonds. The normalized spacial score (nSPS) is 15.8. The first-order valence-corrected chi connectivity index (χ1v) is 13.8. The van der Waals surface area contributed by atoms with Gasteiger partial charge in [-0.05, 0) is 68.3 Å². The fourth-order valence-electron chi connectivity index (χ4n) is 4.03. The van der Waals surface area contributed by atoms with Crippen LogP contribution in [0.5, 0.6) is 0 Å². The van der Waals surface area contributed by atoms with Crippen LogP contribution in [-0.2, 0) is 14.8 Å². The SMILES string of the molecule is Cc1ccc(S(=O)(=O)Nc2ccc(C(=O)N(CC3CCCO3)c3nc4c(F)cccc4s3)cc2)cc1. The molecule has 7 nitrogen and oxygen atoms in total. The van der Waals surface area contributed by atoms with Crippen molar-refractivity contribution in [3.8, 4) is 0 Å². The van der Waals surface area contributed by atoms with Gasteiger partial charge in [-0.15, -0.1) is 0 Å². The molecule has 5 rings (SSSR count). The number of nitrogens with one attached hydrogen (secondary N) is 1. The van der Waals surface area contributed by atoms with Crippen LogP contribution in [0.2, 0.25) is 0 Å². The molecule has 1 saturated heterocycles. The van der Waals surface area contributed by atoms with Gasteiger partial charge in [0.1, 0.15) is 11.3 Å². The second-order valence-corrected chi connectivity index (χ2v) is 11.3. The van der Waals surface area contributed by atoms with Crippen molar-refractivity contribution in [2.24, 2.45) is 0 Å². The zero-order valence-corrected chi connectivity index (χ0v) is 21.1. The van der Waals surface area contributed by atoms with Gasteiger partial charge in [0.05, 0.1) is 22.2 Å². The van der Waals surface area contributed by atoms with E-state index in [0.29, 0.717) is 34.2 Å². The molecule has 4 aromatic rings. The molecular formula is C26H24FN3O4S2. The van der Waals surface area contributed by atoms with Crippen molar-refractivity contribution in [3.63, 3.8) is 0 Å². The summed E-state index contributed by atoms with van der Waals surface area (Å²) < 4.78 is 48.6. The Morgan fingerprint density at radius 1 is 1.14 bits per heavy atom. The molecule has 1 aliphatic heterocycles. The Hall–Kier alpha value is -3.34. The number of aromatic nitrogens is 1. The number of rotatable bonds is 7. The Morgan fingerprint density at radius 2 is 1.89 bits per heavy atom. The minimum atomic E-state index is -3.76. The number of ether oxygens (including phenoxy) is 1. The first-order valence-electron chi connectivity index (χ1n) is 11.5.